The molecule has 11 heteroatoms. The molecule has 3 rings (SSSR count). The number of carbonyl (C=O) groups is 3. The van der Waals surface area contributed by atoms with E-state index in [-0.39, 0.29) is 22.3 Å². The van der Waals surface area contributed by atoms with Crippen molar-refractivity contribution < 1.29 is 28.3 Å². The smallest absolute Gasteiger partial charge is 0.408 e. The molecule has 0 atom stereocenters. The molecule has 0 radical (unpaired) electrons. The Kier molecular flexibility index (Phi) is 8.34. The zero-order valence-electron chi connectivity index (χ0n) is 20.2. The van der Waals surface area contributed by atoms with Gasteiger partial charge >= 0.3 is 12.1 Å². The highest BCUT2D eigenvalue weighted by molar-refractivity contribution is 7.99. The van der Waals surface area contributed by atoms with Crippen molar-refractivity contribution in [1.82, 2.24) is 10.2 Å². The molecule has 0 spiro atoms. The average molecular weight is 543 g/mol. The van der Waals surface area contributed by atoms with E-state index in [0.29, 0.717) is 40.9 Å². The highest BCUT2D eigenvalue weighted by Crippen LogP contribution is 2.40. The third-order valence-electron chi connectivity index (χ3n) is 5.39. The van der Waals surface area contributed by atoms with Gasteiger partial charge in [-0.15, -0.1) is 0 Å². The van der Waals surface area contributed by atoms with Crippen LogP contribution >= 0.6 is 35.0 Å². The molecule has 1 aliphatic rings. The maximum Gasteiger partial charge on any atom is 0.408 e. The molecule has 0 saturated carbocycles. The van der Waals surface area contributed by atoms with Gasteiger partial charge in [-0.25, -0.2) is 9.59 Å². The summed E-state index contributed by atoms with van der Waals surface area (Å²) >= 11 is 13.4. The number of rotatable bonds is 5. The third-order valence-corrected chi connectivity index (χ3v) is 7.37. The number of nitrogens with zero attached hydrogens (tertiary/aromatic N) is 1. The van der Waals surface area contributed by atoms with Gasteiger partial charge in [0.25, 0.3) is 5.91 Å². The van der Waals surface area contributed by atoms with E-state index >= 15 is 0 Å². The molecule has 35 heavy (non-hydrogen) atoms. The van der Waals surface area contributed by atoms with Gasteiger partial charge in [0.2, 0.25) is 0 Å². The minimum absolute atomic E-state index is 0.00903. The lowest BCUT2D eigenvalue weighted by atomic mass is 9.89. The van der Waals surface area contributed by atoms with E-state index in [1.165, 1.54) is 13.2 Å². The number of methoxy groups -OCH3 is 1. The fourth-order valence-corrected chi connectivity index (χ4v) is 4.91. The predicted octanol–water partition coefficient (Wildman–Crippen LogP) is 6.04. The molecule has 2 heterocycles. The highest BCUT2D eigenvalue weighted by Gasteiger charge is 2.36. The number of hydrogen-bond donors (Lipinski definition) is 1. The first-order valence-corrected chi connectivity index (χ1v) is 12.5. The number of benzene rings is 1. The molecule has 1 saturated heterocycles. The topological polar surface area (TPSA) is 98.1 Å². The van der Waals surface area contributed by atoms with E-state index in [1.54, 1.807) is 43.9 Å². The van der Waals surface area contributed by atoms with Gasteiger partial charge in [-0.1, -0.05) is 29.3 Å². The van der Waals surface area contributed by atoms with E-state index < -0.39 is 23.2 Å². The largest absolute Gasteiger partial charge is 0.465 e. The quantitative estimate of drug-likeness (QED) is 0.459. The van der Waals surface area contributed by atoms with Crippen molar-refractivity contribution in [3.63, 3.8) is 0 Å². The molecule has 8 nitrogen and oxygen atoms in total. The SMILES string of the molecule is COC(=O)c1cc(C(=O)N2CCC(C)(NC(=O)OC(C)(C)C)CC2)oc1Sc1cccc(Cl)c1Cl. The summed E-state index contributed by atoms with van der Waals surface area (Å²) in [6, 6.07) is 6.47. The predicted molar refractivity (Wildman–Crippen MR) is 134 cm³/mol. The van der Waals surface area contributed by atoms with Gasteiger partial charge in [-0.2, -0.15) is 0 Å². The molecule has 1 aliphatic heterocycles. The molecule has 1 aromatic carbocycles. The molecule has 0 bridgehead atoms. The first kappa shape index (κ1) is 27.2. The molecule has 2 amide bonds. The van der Waals surface area contributed by atoms with Crippen LogP contribution in [0.3, 0.4) is 0 Å². The highest BCUT2D eigenvalue weighted by atomic mass is 35.5. The maximum atomic E-state index is 13.2. The van der Waals surface area contributed by atoms with Crippen LogP contribution in [0.4, 0.5) is 4.79 Å². The van der Waals surface area contributed by atoms with Crippen molar-refractivity contribution in [2.75, 3.05) is 20.2 Å². The number of ether oxygens (including phenoxy) is 2. The van der Waals surface area contributed by atoms with Crippen molar-refractivity contribution in [3.8, 4) is 0 Å². The number of furan rings is 1. The van der Waals surface area contributed by atoms with Crippen molar-refractivity contribution in [1.29, 1.82) is 0 Å². The summed E-state index contributed by atoms with van der Waals surface area (Å²) in [5, 5.41) is 3.76. The number of hydrogen-bond acceptors (Lipinski definition) is 7. The summed E-state index contributed by atoms with van der Waals surface area (Å²) in [5.74, 6) is -0.991. The first-order chi connectivity index (χ1) is 16.3. The van der Waals surface area contributed by atoms with E-state index in [4.69, 9.17) is 37.1 Å². The lowest BCUT2D eigenvalue weighted by Gasteiger charge is -2.39. The van der Waals surface area contributed by atoms with Gasteiger partial charge in [0.1, 0.15) is 11.2 Å². The number of carbonyl (C=O) groups excluding carboxylic acids is 3. The Morgan fingerprint density at radius 2 is 1.83 bits per heavy atom. The number of nitrogens with one attached hydrogen (secondary N) is 1. The standard InChI is InChI=1S/C24H28Cl2N2O6S/c1-23(2,3)34-22(31)27-24(4)9-11-28(12-10-24)19(29)16-13-14(20(30)32-5)21(33-16)35-17-8-6-7-15(25)18(17)26/h6-8,13H,9-12H2,1-5H3,(H,27,31). The Bertz CT molecular complexity index is 1120. The lowest BCUT2D eigenvalue weighted by Crippen LogP contribution is -2.55. The van der Waals surface area contributed by atoms with E-state index in [1.807, 2.05) is 6.92 Å². The first-order valence-electron chi connectivity index (χ1n) is 11.0. The van der Waals surface area contributed by atoms with Gasteiger partial charge in [0.05, 0.1) is 17.2 Å². The number of likely N-dealkylation sites (tertiary alicyclic amines) is 1. The number of alkyl carbamates (subject to hydrolysis) is 1. The van der Waals surface area contributed by atoms with Crippen molar-refractivity contribution in [2.24, 2.45) is 0 Å². The van der Waals surface area contributed by atoms with Crippen LogP contribution in [-0.2, 0) is 9.47 Å². The Morgan fingerprint density at radius 1 is 1.17 bits per heavy atom. The number of esters is 1. The van der Waals surface area contributed by atoms with Crippen LogP contribution < -0.4 is 5.32 Å². The second-order valence-electron chi connectivity index (χ2n) is 9.44. The van der Waals surface area contributed by atoms with Crippen LogP contribution in [0, 0.1) is 0 Å². The Balaban J connectivity index is 1.73. The number of amides is 2. The third kappa shape index (κ3) is 6.86. The van der Waals surface area contributed by atoms with Gasteiger partial charge in [-0.3, -0.25) is 4.79 Å². The summed E-state index contributed by atoms with van der Waals surface area (Å²) in [4.78, 5) is 39.9. The van der Waals surface area contributed by atoms with Gasteiger partial charge in [0.15, 0.2) is 10.9 Å². The van der Waals surface area contributed by atoms with E-state index in [2.05, 4.69) is 5.32 Å². The molecule has 1 fully saturated rings. The maximum absolute atomic E-state index is 13.2. The van der Waals surface area contributed by atoms with Crippen LogP contribution in [0.5, 0.6) is 0 Å². The van der Waals surface area contributed by atoms with Crippen LogP contribution in [0.15, 0.2) is 38.7 Å². The fraction of sp³-hybridized carbons (Fsp3) is 0.458. The Hall–Kier alpha value is -2.36. The fourth-order valence-electron chi connectivity index (χ4n) is 3.50. The van der Waals surface area contributed by atoms with Crippen molar-refractivity contribution in [3.05, 3.63) is 45.6 Å². The second kappa shape index (κ2) is 10.7. The van der Waals surface area contributed by atoms with Crippen molar-refractivity contribution >= 4 is 52.9 Å². The molecular formula is C24H28Cl2N2O6S. The summed E-state index contributed by atoms with van der Waals surface area (Å²) in [6.45, 7) is 8.10. The summed E-state index contributed by atoms with van der Waals surface area (Å²) < 4.78 is 16.0. The lowest BCUT2D eigenvalue weighted by molar-refractivity contribution is 0.0390. The number of halogens is 2. The van der Waals surface area contributed by atoms with Gasteiger partial charge in [0, 0.05) is 29.6 Å². The molecule has 1 aromatic heterocycles. The Labute approximate surface area is 218 Å². The normalized spacial score (nSPS) is 15.5. The van der Waals surface area contributed by atoms with Crippen LogP contribution in [0.25, 0.3) is 0 Å². The molecule has 0 aliphatic carbocycles. The zero-order valence-corrected chi connectivity index (χ0v) is 22.5. The number of piperidine rings is 1. The van der Waals surface area contributed by atoms with E-state index in [9.17, 15) is 14.4 Å². The second-order valence-corrected chi connectivity index (χ2v) is 11.2. The monoisotopic (exact) mass is 542 g/mol. The molecule has 2 aromatic rings. The molecule has 1 N–H and O–H groups in total. The van der Waals surface area contributed by atoms with Gasteiger partial charge < -0.3 is 24.1 Å². The summed E-state index contributed by atoms with van der Waals surface area (Å²) in [6.07, 6.45) is 0.569. The van der Waals surface area contributed by atoms with Crippen molar-refractivity contribution in [2.45, 2.75) is 61.7 Å². The summed E-state index contributed by atoms with van der Waals surface area (Å²) in [7, 11) is 1.25. The van der Waals surface area contributed by atoms with Crippen LogP contribution in [0.1, 0.15) is 61.4 Å². The summed E-state index contributed by atoms with van der Waals surface area (Å²) in [5.41, 5.74) is -0.993. The average Bonchev–Trinajstić information content (AvgIpc) is 3.18. The molecule has 190 valence electrons. The minimum atomic E-state index is -0.638. The molecular weight excluding hydrogens is 515 g/mol. The zero-order chi connectivity index (χ0) is 26.0. The van der Waals surface area contributed by atoms with Crippen LogP contribution in [-0.4, -0.2) is 54.2 Å². The molecule has 0 unspecified atom stereocenters. The van der Waals surface area contributed by atoms with E-state index in [0.717, 1.165) is 11.8 Å². The Morgan fingerprint density at radius 3 is 2.43 bits per heavy atom. The van der Waals surface area contributed by atoms with Gasteiger partial charge in [-0.05, 0) is 64.4 Å². The minimum Gasteiger partial charge on any atom is -0.465 e. The van der Waals surface area contributed by atoms with Crippen LogP contribution in [0.2, 0.25) is 10.0 Å².